The smallest absolute Gasteiger partial charge is 0.0439 e. The van der Waals surface area contributed by atoms with Gasteiger partial charge < -0.3 is 5.11 Å². The van der Waals surface area contributed by atoms with Gasteiger partial charge in [-0.15, -0.1) is 0 Å². The molecule has 76 valence electrons. The molecule has 1 nitrogen and oxygen atoms in total. The zero-order valence-electron chi connectivity index (χ0n) is 8.79. The van der Waals surface area contributed by atoms with Gasteiger partial charge in [-0.1, -0.05) is 31.2 Å². The van der Waals surface area contributed by atoms with Crippen molar-refractivity contribution in [1.29, 1.82) is 0 Å². The number of rotatable bonds is 2. The largest absolute Gasteiger partial charge is 0.396 e. The number of benzene rings is 1. The number of aliphatic hydroxyl groups is 1. The van der Waals surface area contributed by atoms with Crippen LogP contribution in [0.3, 0.4) is 0 Å². The summed E-state index contributed by atoms with van der Waals surface area (Å²) in [7, 11) is 0. The van der Waals surface area contributed by atoms with Crippen LogP contribution in [-0.4, -0.2) is 11.7 Å². The molecule has 0 fully saturated rings. The molecule has 1 aliphatic carbocycles. The zero-order chi connectivity index (χ0) is 10.0. The van der Waals surface area contributed by atoms with Crippen molar-refractivity contribution >= 4 is 0 Å². The van der Waals surface area contributed by atoms with Gasteiger partial charge in [0.25, 0.3) is 0 Å². The van der Waals surface area contributed by atoms with Crippen LogP contribution in [0.5, 0.6) is 0 Å². The second-order valence-electron chi connectivity index (χ2n) is 4.54. The van der Waals surface area contributed by atoms with Crippen LogP contribution in [0.25, 0.3) is 0 Å². The van der Waals surface area contributed by atoms with E-state index >= 15 is 0 Å². The first-order valence-electron chi connectivity index (χ1n) is 5.45. The lowest BCUT2D eigenvalue weighted by molar-refractivity contribution is 0.231. The van der Waals surface area contributed by atoms with E-state index in [1.54, 1.807) is 0 Å². The van der Waals surface area contributed by atoms with E-state index in [4.69, 9.17) is 5.11 Å². The Balaban J connectivity index is 2.39. The summed E-state index contributed by atoms with van der Waals surface area (Å²) in [6, 6.07) is 8.68. The highest BCUT2D eigenvalue weighted by molar-refractivity contribution is 5.36. The average Bonchev–Trinajstić information content (AvgIpc) is 2.19. The zero-order valence-corrected chi connectivity index (χ0v) is 8.79. The highest BCUT2D eigenvalue weighted by Gasteiger charge is 2.30. The average molecular weight is 190 g/mol. The maximum absolute atomic E-state index is 9.11. The standard InChI is InChI=1S/C13H18O/c1-13(9-10-14)8-4-6-11-5-2-3-7-12(11)13/h2-3,5,7,14H,4,6,8-10H2,1H3. The minimum Gasteiger partial charge on any atom is -0.396 e. The molecule has 0 saturated heterocycles. The van der Waals surface area contributed by atoms with Crippen molar-refractivity contribution in [2.45, 2.75) is 38.0 Å². The van der Waals surface area contributed by atoms with Gasteiger partial charge in [0, 0.05) is 6.61 Å². The first-order valence-corrected chi connectivity index (χ1v) is 5.45. The number of aryl methyl sites for hydroxylation is 1. The molecular formula is C13H18O. The van der Waals surface area contributed by atoms with E-state index in [9.17, 15) is 0 Å². The third-order valence-corrected chi connectivity index (χ3v) is 3.51. The molecule has 0 amide bonds. The Bertz CT molecular complexity index is 319. The monoisotopic (exact) mass is 190 g/mol. The van der Waals surface area contributed by atoms with Crippen molar-refractivity contribution in [1.82, 2.24) is 0 Å². The normalized spacial score (nSPS) is 25.9. The lowest BCUT2D eigenvalue weighted by Gasteiger charge is -2.35. The second-order valence-corrected chi connectivity index (χ2v) is 4.54. The topological polar surface area (TPSA) is 20.2 Å². The van der Waals surface area contributed by atoms with Crippen LogP contribution in [0.1, 0.15) is 37.3 Å². The van der Waals surface area contributed by atoms with Gasteiger partial charge in [-0.05, 0) is 42.2 Å². The molecule has 1 aromatic carbocycles. The quantitative estimate of drug-likeness (QED) is 0.760. The van der Waals surface area contributed by atoms with Crippen LogP contribution in [0.4, 0.5) is 0 Å². The third kappa shape index (κ3) is 1.57. The molecule has 0 aliphatic heterocycles. The Kier molecular flexibility index (Phi) is 2.60. The molecule has 1 aromatic rings. The van der Waals surface area contributed by atoms with Gasteiger partial charge in [-0.3, -0.25) is 0 Å². The Hall–Kier alpha value is -0.820. The van der Waals surface area contributed by atoms with Gasteiger partial charge in [0.1, 0.15) is 0 Å². The Morgan fingerprint density at radius 1 is 1.36 bits per heavy atom. The fourth-order valence-corrected chi connectivity index (χ4v) is 2.64. The van der Waals surface area contributed by atoms with Gasteiger partial charge >= 0.3 is 0 Å². The highest BCUT2D eigenvalue weighted by Crippen LogP contribution is 2.39. The molecule has 1 atom stereocenters. The van der Waals surface area contributed by atoms with Gasteiger partial charge in [0.2, 0.25) is 0 Å². The van der Waals surface area contributed by atoms with Crippen LogP contribution in [0.15, 0.2) is 24.3 Å². The molecule has 0 saturated carbocycles. The third-order valence-electron chi connectivity index (χ3n) is 3.51. The summed E-state index contributed by atoms with van der Waals surface area (Å²) in [5.41, 5.74) is 3.15. The van der Waals surface area contributed by atoms with E-state index in [-0.39, 0.29) is 5.41 Å². The van der Waals surface area contributed by atoms with Crippen molar-refractivity contribution in [3.63, 3.8) is 0 Å². The molecule has 1 heteroatoms. The van der Waals surface area contributed by atoms with Crippen LogP contribution in [0.2, 0.25) is 0 Å². The lowest BCUT2D eigenvalue weighted by atomic mass is 9.69. The van der Waals surface area contributed by atoms with E-state index in [0.717, 1.165) is 6.42 Å². The number of fused-ring (bicyclic) bond motifs is 1. The van der Waals surface area contributed by atoms with Crippen LogP contribution in [0, 0.1) is 0 Å². The minimum absolute atomic E-state index is 0.212. The van der Waals surface area contributed by atoms with Gasteiger partial charge in [0.05, 0.1) is 0 Å². The Labute approximate surface area is 85.8 Å². The number of aliphatic hydroxyl groups excluding tert-OH is 1. The molecule has 1 unspecified atom stereocenters. The maximum atomic E-state index is 9.11. The maximum Gasteiger partial charge on any atom is 0.0439 e. The molecule has 0 heterocycles. The summed E-state index contributed by atoms with van der Waals surface area (Å²) in [5.74, 6) is 0. The SMILES string of the molecule is CC1(CCO)CCCc2ccccc21. The van der Waals surface area contributed by atoms with Crippen LogP contribution >= 0.6 is 0 Å². The summed E-state index contributed by atoms with van der Waals surface area (Å²) in [5, 5.41) is 9.11. The van der Waals surface area contributed by atoms with E-state index in [1.807, 2.05) is 0 Å². The fraction of sp³-hybridized carbons (Fsp3) is 0.538. The molecule has 1 aliphatic rings. The predicted octanol–water partition coefficient (Wildman–Crippen LogP) is 2.66. The van der Waals surface area contributed by atoms with E-state index < -0.39 is 0 Å². The molecular weight excluding hydrogens is 172 g/mol. The van der Waals surface area contributed by atoms with E-state index in [0.29, 0.717) is 6.61 Å². The van der Waals surface area contributed by atoms with Crippen molar-refractivity contribution in [2.75, 3.05) is 6.61 Å². The molecule has 0 bridgehead atoms. The summed E-state index contributed by atoms with van der Waals surface area (Å²) in [6.07, 6.45) is 4.57. The molecule has 0 radical (unpaired) electrons. The summed E-state index contributed by atoms with van der Waals surface area (Å²) in [4.78, 5) is 0. The predicted molar refractivity (Wildman–Crippen MR) is 58.4 cm³/mol. The van der Waals surface area contributed by atoms with E-state index in [2.05, 4.69) is 31.2 Å². The van der Waals surface area contributed by atoms with Gasteiger partial charge in [-0.25, -0.2) is 0 Å². The number of hydrogen-bond donors (Lipinski definition) is 1. The fourth-order valence-electron chi connectivity index (χ4n) is 2.64. The Morgan fingerprint density at radius 3 is 2.93 bits per heavy atom. The molecule has 0 spiro atoms. The van der Waals surface area contributed by atoms with Crippen LogP contribution < -0.4 is 0 Å². The minimum atomic E-state index is 0.212. The van der Waals surface area contributed by atoms with Crippen molar-refractivity contribution in [3.05, 3.63) is 35.4 Å². The molecule has 1 N–H and O–H groups in total. The molecule has 0 aromatic heterocycles. The molecule has 2 rings (SSSR count). The first-order chi connectivity index (χ1) is 6.76. The van der Waals surface area contributed by atoms with E-state index in [1.165, 1.54) is 30.4 Å². The van der Waals surface area contributed by atoms with Crippen molar-refractivity contribution in [2.24, 2.45) is 0 Å². The summed E-state index contributed by atoms with van der Waals surface area (Å²) < 4.78 is 0. The lowest BCUT2D eigenvalue weighted by Crippen LogP contribution is -2.28. The summed E-state index contributed by atoms with van der Waals surface area (Å²) >= 11 is 0. The van der Waals surface area contributed by atoms with Crippen LogP contribution in [-0.2, 0) is 11.8 Å². The van der Waals surface area contributed by atoms with Gasteiger partial charge in [0.15, 0.2) is 0 Å². The van der Waals surface area contributed by atoms with Crippen molar-refractivity contribution in [3.8, 4) is 0 Å². The van der Waals surface area contributed by atoms with Crippen molar-refractivity contribution < 1.29 is 5.11 Å². The Morgan fingerprint density at radius 2 is 2.14 bits per heavy atom. The summed E-state index contributed by atoms with van der Waals surface area (Å²) in [6.45, 7) is 2.58. The second kappa shape index (κ2) is 3.74. The first kappa shape index (κ1) is 9.72. The molecule has 14 heavy (non-hydrogen) atoms. The number of hydrogen-bond acceptors (Lipinski definition) is 1. The van der Waals surface area contributed by atoms with Gasteiger partial charge in [-0.2, -0.15) is 0 Å². The highest BCUT2D eigenvalue weighted by atomic mass is 16.3.